The number of aryl methyl sites for hydroxylation is 1. The van der Waals surface area contributed by atoms with E-state index in [0.29, 0.717) is 11.3 Å². The first-order chi connectivity index (χ1) is 15.3. The summed E-state index contributed by atoms with van der Waals surface area (Å²) in [7, 11) is 1.57. The quantitative estimate of drug-likeness (QED) is 0.441. The van der Waals surface area contributed by atoms with Gasteiger partial charge in [0.25, 0.3) is 0 Å². The minimum atomic E-state index is -4.41. The summed E-state index contributed by atoms with van der Waals surface area (Å²) >= 11 is 0. The van der Waals surface area contributed by atoms with E-state index in [1.807, 2.05) is 43.3 Å². The Hall–Kier alpha value is -3.35. The number of carbonyl (C=O) groups is 1. The van der Waals surface area contributed by atoms with Gasteiger partial charge in [-0.2, -0.15) is 13.2 Å². The van der Waals surface area contributed by atoms with Gasteiger partial charge in [0.05, 0.1) is 31.0 Å². The maximum atomic E-state index is 13.3. The average Bonchev–Trinajstić information content (AvgIpc) is 2.81. The molecular formula is C25H25F3N2O2. The molecule has 0 aliphatic carbocycles. The molecule has 0 radical (unpaired) electrons. The van der Waals surface area contributed by atoms with E-state index in [-0.39, 0.29) is 31.3 Å². The fourth-order valence-corrected chi connectivity index (χ4v) is 3.58. The zero-order valence-corrected chi connectivity index (χ0v) is 18.0. The normalized spacial score (nSPS) is 12.3. The first-order valence-electron chi connectivity index (χ1n) is 10.3. The largest absolute Gasteiger partial charge is 0.496 e. The van der Waals surface area contributed by atoms with Crippen LogP contribution in [0.2, 0.25) is 0 Å². The zero-order chi connectivity index (χ0) is 23.1. The molecular weight excluding hydrogens is 417 g/mol. The number of carbonyl (C=O) groups excluding carboxylic acids is 1. The van der Waals surface area contributed by atoms with E-state index in [1.165, 1.54) is 6.07 Å². The van der Waals surface area contributed by atoms with Crippen LogP contribution in [0.4, 0.5) is 13.2 Å². The first-order valence-corrected chi connectivity index (χ1v) is 10.3. The number of rotatable bonds is 8. The van der Waals surface area contributed by atoms with E-state index in [2.05, 4.69) is 4.98 Å². The second kappa shape index (κ2) is 10.3. The Morgan fingerprint density at radius 2 is 1.81 bits per heavy atom. The first kappa shape index (κ1) is 23.3. The highest BCUT2D eigenvalue weighted by atomic mass is 19.4. The SMILES string of the molecule is COc1ccccc1[C@@H](C)N(Cc1ccccn1)C(=O)CCc1cccc(C(F)(F)F)c1. The molecule has 0 spiro atoms. The second-order valence-corrected chi connectivity index (χ2v) is 7.46. The summed E-state index contributed by atoms with van der Waals surface area (Å²) in [5.74, 6) is 0.489. The Balaban J connectivity index is 1.82. The molecule has 0 saturated heterocycles. The molecule has 0 unspecified atom stereocenters. The summed E-state index contributed by atoms with van der Waals surface area (Å²) < 4.78 is 44.5. The van der Waals surface area contributed by atoms with Crippen molar-refractivity contribution in [1.82, 2.24) is 9.88 Å². The van der Waals surface area contributed by atoms with Crippen LogP contribution in [0.5, 0.6) is 5.75 Å². The van der Waals surface area contributed by atoms with Crippen LogP contribution in [0.1, 0.15) is 41.8 Å². The number of aromatic nitrogens is 1. The van der Waals surface area contributed by atoms with E-state index in [0.717, 1.165) is 23.4 Å². The molecule has 4 nitrogen and oxygen atoms in total. The number of amides is 1. The number of methoxy groups -OCH3 is 1. The van der Waals surface area contributed by atoms with Gasteiger partial charge >= 0.3 is 6.18 Å². The smallest absolute Gasteiger partial charge is 0.416 e. The second-order valence-electron chi connectivity index (χ2n) is 7.46. The lowest BCUT2D eigenvalue weighted by Crippen LogP contribution is -2.33. The summed E-state index contributed by atoms with van der Waals surface area (Å²) in [5.41, 5.74) is 1.33. The van der Waals surface area contributed by atoms with Gasteiger partial charge in [0.2, 0.25) is 5.91 Å². The Bertz CT molecular complexity index is 1040. The van der Waals surface area contributed by atoms with Gasteiger partial charge in [-0.1, -0.05) is 42.5 Å². The fourth-order valence-electron chi connectivity index (χ4n) is 3.58. The van der Waals surface area contributed by atoms with Crippen molar-refractivity contribution in [3.8, 4) is 5.75 Å². The van der Waals surface area contributed by atoms with Gasteiger partial charge < -0.3 is 9.64 Å². The lowest BCUT2D eigenvalue weighted by atomic mass is 10.0. The Morgan fingerprint density at radius 3 is 2.50 bits per heavy atom. The summed E-state index contributed by atoms with van der Waals surface area (Å²) in [4.78, 5) is 19.3. The highest BCUT2D eigenvalue weighted by Gasteiger charge is 2.30. The van der Waals surface area contributed by atoms with Crippen LogP contribution < -0.4 is 4.74 Å². The standard InChI is InChI=1S/C25H25F3N2O2/c1-18(22-11-3-4-12-23(22)32-2)30(17-21-10-5-6-15-29-21)24(31)14-13-19-8-7-9-20(16-19)25(26,27)28/h3-12,15-16,18H,13-14,17H2,1-2H3/t18-/m1/s1. The van der Waals surface area contributed by atoms with Crippen molar-refractivity contribution < 1.29 is 22.7 Å². The van der Waals surface area contributed by atoms with Gasteiger partial charge in [0, 0.05) is 18.2 Å². The number of benzene rings is 2. The zero-order valence-electron chi connectivity index (χ0n) is 18.0. The Labute approximate surface area is 185 Å². The van der Waals surface area contributed by atoms with Crippen molar-refractivity contribution in [3.63, 3.8) is 0 Å². The van der Waals surface area contributed by atoms with E-state index < -0.39 is 11.7 Å². The third-order valence-electron chi connectivity index (χ3n) is 5.32. The molecule has 168 valence electrons. The molecule has 0 aliphatic heterocycles. The number of pyridine rings is 1. The molecule has 1 heterocycles. The third-order valence-corrected chi connectivity index (χ3v) is 5.32. The monoisotopic (exact) mass is 442 g/mol. The van der Waals surface area contributed by atoms with Crippen molar-refractivity contribution in [2.45, 2.75) is 38.5 Å². The predicted molar refractivity (Wildman–Crippen MR) is 116 cm³/mol. The lowest BCUT2D eigenvalue weighted by Gasteiger charge is -2.30. The lowest BCUT2D eigenvalue weighted by molar-refractivity contribution is -0.137. The Morgan fingerprint density at radius 1 is 1.06 bits per heavy atom. The number of hydrogen-bond acceptors (Lipinski definition) is 3. The van der Waals surface area contributed by atoms with Crippen LogP contribution >= 0.6 is 0 Å². The summed E-state index contributed by atoms with van der Waals surface area (Å²) in [6.45, 7) is 2.18. The molecule has 1 aromatic heterocycles. The molecule has 0 fully saturated rings. The number of halogens is 3. The molecule has 1 amide bonds. The van der Waals surface area contributed by atoms with Crippen LogP contribution in [0, 0.1) is 0 Å². The number of nitrogens with zero attached hydrogens (tertiary/aromatic N) is 2. The van der Waals surface area contributed by atoms with E-state index in [1.54, 1.807) is 30.3 Å². The van der Waals surface area contributed by atoms with Gasteiger partial charge in [-0.15, -0.1) is 0 Å². The minimum absolute atomic E-state index is 0.0770. The van der Waals surface area contributed by atoms with Crippen molar-refractivity contribution >= 4 is 5.91 Å². The average molecular weight is 442 g/mol. The van der Waals surface area contributed by atoms with Crippen molar-refractivity contribution in [3.05, 3.63) is 95.3 Å². The highest BCUT2D eigenvalue weighted by molar-refractivity contribution is 5.77. The molecule has 1 atom stereocenters. The fraction of sp³-hybridized carbons (Fsp3) is 0.280. The maximum Gasteiger partial charge on any atom is 0.416 e. The van der Waals surface area contributed by atoms with Crippen molar-refractivity contribution in [1.29, 1.82) is 0 Å². The maximum absolute atomic E-state index is 13.3. The van der Waals surface area contributed by atoms with Crippen molar-refractivity contribution in [2.24, 2.45) is 0 Å². The summed E-state index contributed by atoms with van der Waals surface area (Å²) in [5, 5.41) is 0. The van der Waals surface area contributed by atoms with Gasteiger partial charge in [0.15, 0.2) is 0 Å². The minimum Gasteiger partial charge on any atom is -0.496 e. The van der Waals surface area contributed by atoms with Gasteiger partial charge in [-0.05, 0) is 43.2 Å². The molecule has 2 aromatic carbocycles. The number of hydrogen-bond donors (Lipinski definition) is 0. The number of alkyl halides is 3. The molecule has 0 saturated carbocycles. The summed E-state index contributed by atoms with van der Waals surface area (Å²) in [6, 6.07) is 17.7. The van der Waals surface area contributed by atoms with Crippen molar-refractivity contribution in [2.75, 3.05) is 7.11 Å². The van der Waals surface area contributed by atoms with Gasteiger partial charge in [0.1, 0.15) is 5.75 Å². The van der Waals surface area contributed by atoms with Crippen LogP contribution in [0.25, 0.3) is 0 Å². The predicted octanol–water partition coefficient (Wildman–Crippen LogP) is 5.83. The van der Waals surface area contributed by atoms with Gasteiger partial charge in [-0.3, -0.25) is 9.78 Å². The molecule has 0 bridgehead atoms. The van der Waals surface area contributed by atoms with Crippen LogP contribution in [-0.4, -0.2) is 22.9 Å². The summed E-state index contributed by atoms with van der Waals surface area (Å²) in [6.07, 6.45) is -2.47. The van der Waals surface area contributed by atoms with Gasteiger partial charge in [-0.25, -0.2) is 0 Å². The number of ether oxygens (including phenoxy) is 1. The van der Waals surface area contributed by atoms with Crippen LogP contribution in [0.15, 0.2) is 72.9 Å². The van der Waals surface area contributed by atoms with E-state index in [9.17, 15) is 18.0 Å². The molecule has 3 aromatic rings. The van der Waals surface area contributed by atoms with E-state index in [4.69, 9.17) is 4.74 Å². The molecule has 0 aliphatic rings. The third kappa shape index (κ3) is 5.87. The molecule has 0 N–H and O–H groups in total. The molecule has 32 heavy (non-hydrogen) atoms. The molecule has 7 heteroatoms. The molecule has 3 rings (SSSR count). The topological polar surface area (TPSA) is 42.4 Å². The van der Waals surface area contributed by atoms with Crippen LogP contribution in [0.3, 0.4) is 0 Å². The highest BCUT2D eigenvalue weighted by Crippen LogP contribution is 2.32. The number of para-hydroxylation sites is 1. The van der Waals surface area contributed by atoms with Crippen LogP contribution in [-0.2, 0) is 23.9 Å². The Kier molecular flexibility index (Phi) is 7.51. The van der Waals surface area contributed by atoms with E-state index >= 15 is 0 Å².